The molecule has 0 aromatic heterocycles. The van der Waals surface area contributed by atoms with E-state index in [0.717, 1.165) is 31.3 Å². The second-order valence-electron chi connectivity index (χ2n) is 9.53. The van der Waals surface area contributed by atoms with Crippen LogP contribution in [0.5, 0.6) is 11.5 Å². The second kappa shape index (κ2) is 13.9. The van der Waals surface area contributed by atoms with E-state index < -0.39 is 0 Å². The summed E-state index contributed by atoms with van der Waals surface area (Å²) in [5, 5.41) is 0. The van der Waals surface area contributed by atoms with Crippen LogP contribution < -0.4 is 9.47 Å². The fraction of sp³-hybridized carbons (Fsp3) is 0.467. The molecule has 8 heteroatoms. The Morgan fingerprint density at radius 3 is 1.87 bits per heavy atom. The Morgan fingerprint density at radius 1 is 0.737 bits per heavy atom. The van der Waals surface area contributed by atoms with E-state index in [1.807, 2.05) is 6.08 Å². The summed E-state index contributed by atoms with van der Waals surface area (Å²) in [7, 11) is 5.93. The van der Waals surface area contributed by atoms with Crippen LogP contribution in [0.25, 0.3) is 5.57 Å². The molecule has 0 spiro atoms. The predicted octanol–water partition coefficient (Wildman–Crippen LogP) is 6.47. The minimum atomic E-state index is -0.261. The largest absolute Gasteiger partial charge is 0.497 e. The summed E-state index contributed by atoms with van der Waals surface area (Å²) in [6, 6.07) is 9.53. The summed E-state index contributed by atoms with van der Waals surface area (Å²) in [5.74, 6) is 0.532. The summed E-state index contributed by atoms with van der Waals surface area (Å²) in [4.78, 5) is 22.9. The van der Waals surface area contributed by atoms with Gasteiger partial charge >= 0.3 is 11.9 Å². The van der Waals surface area contributed by atoms with Crippen LogP contribution >= 0.6 is 0 Å². The van der Waals surface area contributed by atoms with Crippen LogP contribution in [0.2, 0.25) is 0 Å². The van der Waals surface area contributed by atoms with Crippen molar-refractivity contribution in [2.24, 2.45) is 11.8 Å². The highest BCUT2D eigenvalue weighted by Gasteiger charge is 2.29. The van der Waals surface area contributed by atoms with Gasteiger partial charge in [-0.05, 0) is 98.4 Å². The molecule has 1 atom stereocenters. The van der Waals surface area contributed by atoms with Gasteiger partial charge in [0.25, 0.3) is 0 Å². The SMILES string of the molecule is COC(=O)C1CC=C(c2cc(OC)ccc2F)CC1.COC(=O)C1CCC(c2cc(OC)ccc2F)CC1. The molecule has 0 amide bonds. The van der Waals surface area contributed by atoms with E-state index in [2.05, 4.69) is 0 Å². The summed E-state index contributed by atoms with van der Waals surface area (Å²) in [6.07, 6.45) is 7.01. The third kappa shape index (κ3) is 7.33. The average molecular weight is 531 g/mol. The highest BCUT2D eigenvalue weighted by molar-refractivity contribution is 5.76. The van der Waals surface area contributed by atoms with Crippen molar-refractivity contribution < 1.29 is 37.3 Å². The predicted molar refractivity (Wildman–Crippen MR) is 140 cm³/mol. The van der Waals surface area contributed by atoms with Crippen molar-refractivity contribution in [3.8, 4) is 11.5 Å². The fourth-order valence-corrected chi connectivity index (χ4v) is 5.11. The molecular weight excluding hydrogens is 494 g/mol. The van der Waals surface area contributed by atoms with Gasteiger partial charge in [0.05, 0.1) is 40.3 Å². The highest BCUT2D eigenvalue weighted by Crippen LogP contribution is 2.38. The first-order chi connectivity index (χ1) is 18.3. The molecule has 6 nitrogen and oxygen atoms in total. The van der Waals surface area contributed by atoms with Gasteiger partial charge in [0.1, 0.15) is 23.1 Å². The molecule has 0 aliphatic heterocycles. The molecule has 1 fully saturated rings. The van der Waals surface area contributed by atoms with Crippen LogP contribution in [0.15, 0.2) is 42.5 Å². The minimum absolute atomic E-state index is 0.0325. The number of benzene rings is 2. The Bertz CT molecular complexity index is 1140. The van der Waals surface area contributed by atoms with Gasteiger partial charge in [-0.25, -0.2) is 8.78 Å². The first-order valence-corrected chi connectivity index (χ1v) is 12.8. The Hall–Kier alpha value is -3.42. The normalized spacial score (nSPS) is 20.8. The Labute approximate surface area is 222 Å². The molecular formula is C30H36F2O6. The van der Waals surface area contributed by atoms with E-state index in [4.69, 9.17) is 18.9 Å². The van der Waals surface area contributed by atoms with Crippen molar-refractivity contribution in [1.82, 2.24) is 0 Å². The number of hydrogen-bond donors (Lipinski definition) is 0. The van der Waals surface area contributed by atoms with Crippen LogP contribution in [0.3, 0.4) is 0 Å². The average Bonchev–Trinajstić information content (AvgIpc) is 2.97. The van der Waals surface area contributed by atoms with Crippen molar-refractivity contribution in [2.45, 2.75) is 50.9 Å². The first-order valence-electron chi connectivity index (χ1n) is 12.8. The number of halogens is 2. The molecule has 2 aromatic rings. The number of allylic oxidation sites excluding steroid dienone is 2. The minimum Gasteiger partial charge on any atom is -0.497 e. The zero-order valence-electron chi connectivity index (χ0n) is 22.4. The molecule has 0 bridgehead atoms. The molecule has 0 heterocycles. The molecule has 2 aliphatic rings. The van der Waals surface area contributed by atoms with Gasteiger partial charge in [-0.15, -0.1) is 0 Å². The molecule has 2 aliphatic carbocycles. The Balaban J connectivity index is 0.000000211. The lowest BCUT2D eigenvalue weighted by Crippen LogP contribution is -2.22. The molecule has 38 heavy (non-hydrogen) atoms. The molecule has 4 rings (SSSR count). The van der Waals surface area contributed by atoms with Gasteiger partial charge in [-0.1, -0.05) is 6.08 Å². The van der Waals surface area contributed by atoms with E-state index in [-0.39, 0.29) is 41.3 Å². The van der Waals surface area contributed by atoms with Crippen LogP contribution in [0, 0.1) is 23.5 Å². The quantitative estimate of drug-likeness (QED) is 0.399. The maximum absolute atomic E-state index is 13.9. The van der Waals surface area contributed by atoms with Crippen LogP contribution in [-0.2, 0) is 19.1 Å². The molecule has 0 saturated heterocycles. The monoisotopic (exact) mass is 530 g/mol. The number of methoxy groups -OCH3 is 4. The fourth-order valence-electron chi connectivity index (χ4n) is 5.11. The third-order valence-electron chi connectivity index (χ3n) is 7.37. The van der Waals surface area contributed by atoms with Gasteiger partial charge in [-0.2, -0.15) is 0 Å². The standard InChI is InChI=1S/C15H19FO3.C15H17FO3/c2*1-18-12-7-8-14(16)13(9-12)10-3-5-11(6-4-10)15(17)19-2/h7-11H,3-6H2,1-2H3;3,7-9,11H,4-6H2,1-2H3. The van der Waals surface area contributed by atoms with E-state index in [1.165, 1.54) is 26.4 Å². The molecule has 1 unspecified atom stereocenters. The molecule has 1 saturated carbocycles. The van der Waals surface area contributed by atoms with Crippen molar-refractivity contribution >= 4 is 17.5 Å². The molecule has 2 aromatic carbocycles. The molecule has 206 valence electrons. The number of ether oxygens (including phenoxy) is 4. The lowest BCUT2D eigenvalue weighted by Gasteiger charge is -2.27. The van der Waals surface area contributed by atoms with Crippen LogP contribution in [0.4, 0.5) is 8.78 Å². The van der Waals surface area contributed by atoms with Crippen LogP contribution in [0.1, 0.15) is 62.0 Å². The van der Waals surface area contributed by atoms with Gasteiger partial charge < -0.3 is 18.9 Å². The zero-order chi connectivity index (χ0) is 27.7. The van der Waals surface area contributed by atoms with Crippen LogP contribution in [-0.4, -0.2) is 40.4 Å². The maximum Gasteiger partial charge on any atom is 0.308 e. The van der Waals surface area contributed by atoms with E-state index in [9.17, 15) is 18.4 Å². The topological polar surface area (TPSA) is 71.1 Å². The maximum atomic E-state index is 13.9. The number of carbonyl (C=O) groups is 2. The smallest absolute Gasteiger partial charge is 0.308 e. The van der Waals surface area contributed by atoms with E-state index in [1.54, 1.807) is 38.5 Å². The number of carbonyl (C=O) groups excluding carboxylic acids is 2. The summed E-state index contributed by atoms with van der Waals surface area (Å²) < 4.78 is 47.4. The highest BCUT2D eigenvalue weighted by atomic mass is 19.1. The van der Waals surface area contributed by atoms with Gasteiger partial charge in [0, 0.05) is 5.56 Å². The van der Waals surface area contributed by atoms with Gasteiger partial charge in [-0.3, -0.25) is 9.59 Å². The number of hydrogen-bond acceptors (Lipinski definition) is 6. The second-order valence-corrected chi connectivity index (χ2v) is 9.53. The Morgan fingerprint density at radius 2 is 1.32 bits per heavy atom. The molecule has 0 radical (unpaired) electrons. The van der Waals surface area contributed by atoms with E-state index >= 15 is 0 Å². The summed E-state index contributed by atoms with van der Waals surface area (Å²) >= 11 is 0. The summed E-state index contributed by atoms with van der Waals surface area (Å²) in [5.41, 5.74) is 2.18. The Kier molecular flexibility index (Phi) is 10.7. The zero-order valence-corrected chi connectivity index (χ0v) is 22.4. The third-order valence-corrected chi connectivity index (χ3v) is 7.37. The first kappa shape index (κ1) is 29.1. The van der Waals surface area contributed by atoms with Crippen molar-refractivity contribution in [3.05, 3.63) is 65.2 Å². The number of rotatable bonds is 6. The van der Waals surface area contributed by atoms with Gasteiger partial charge in [0.2, 0.25) is 0 Å². The lowest BCUT2D eigenvalue weighted by molar-refractivity contribution is -0.147. The molecule has 0 N–H and O–H groups in total. The van der Waals surface area contributed by atoms with Crippen molar-refractivity contribution in [2.75, 3.05) is 28.4 Å². The van der Waals surface area contributed by atoms with Crippen molar-refractivity contribution in [3.63, 3.8) is 0 Å². The van der Waals surface area contributed by atoms with Gasteiger partial charge in [0.15, 0.2) is 0 Å². The van der Waals surface area contributed by atoms with Crippen molar-refractivity contribution in [1.29, 1.82) is 0 Å². The summed E-state index contributed by atoms with van der Waals surface area (Å²) in [6.45, 7) is 0. The lowest BCUT2D eigenvalue weighted by atomic mass is 9.78. The van der Waals surface area contributed by atoms with E-state index in [0.29, 0.717) is 41.9 Å². The number of esters is 2.